The summed E-state index contributed by atoms with van der Waals surface area (Å²) in [5.41, 5.74) is 2.39. The van der Waals surface area contributed by atoms with E-state index in [1.165, 1.54) is 6.07 Å². The second-order valence-electron chi connectivity index (χ2n) is 4.40. The molecule has 0 saturated carbocycles. The quantitative estimate of drug-likeness (QED) is 0.731. The Hall–Kier alpha value is -1.33. The molecule has 112 valence electrons. The average Bonchev–Trinajstić information content (AvgIpc) is 2.42. The van der Waals surface area contributed by atoms with Gasteiger partial charge in [-0.3, -0.25) is 0 Å². The topological polar surface area (TPSA) is 21.3 Å². The number of anilines is 1. The summed E-state index contributed by atoms with van der Waals surface area (Å²) in [5.74, 6) is 0.153. The molecule has 0 aliphatic rings. The average molecular weight is 377 g/mol. The molecule has 0 aliphatic heterocycles. The van der Waals surface area contributed by atoms with E-state index in [1.54, 1.807) is 18.2 Å². The van der Waals surface area contributed by atoms with Crippen molar-refractivity contribution in [2.45, 2.75) is 20.1 Å². The van der Waals surface area contributed by atoms with Gasteiger partial charge in [-0.05, 0) is 42.8 Å². The van der Waals surface area contributed by atoms with Crippen LogP contribution in [0.4, 0.5) is 14.5 Å². The molecule has 2 aromatic carbocycles. The maximum atomic E-state index is 12.4. The van der Waals surface area contributed by atoms with Crippen LogP contribution in [0.25, 0.3) is 0 Å². The normalized spacial score (nSPS) is 10.8. The Morgan fingerprint density at radius 1 is 1.29 bits per heavy atom. The van der Waals surface area contributed by atoms with Crippen LogP contribution in [0.15, 0.2) is 40.9 Å². The molecule has 0 spiro atoms. The molecule has 0 amide bonds. The Kier molecular flexibility index (Phi) is 5.42. The molecule has 0 radical (unpaired) electrons. The van der Waals surface area contributed by atoms with Crippen molar-refractivity contribution in [2.75, 3.05) is 5.32 Å². The highest BCUT2D eigenvalue weighted by Crippen LogP contribution is 2.27. The summed E-state index contributed by atoms with van der Waals surface area (Å²) in [5, 5.41) is 3.83. The van der Waals surface area contributed by atoms with Crippen LogP contribution in [-0.2, 0) is 6.54 Å². The molecule has 1 N–H and O–H groups in total. The van der Waals surface area contributed by atoms with Crippen LogP contribution in [0.5, 0.6) is 5.75 Å². The zero-order chi connectivity index (χ0) is 15.4. The van der Waals surface area contributed by atoms with Crippen LogP contribution < -0.4 is 10.1 Å². The first kappa shape index (κ1) is 16.0. The predicted octanol–water partition coefficient (Wildman–Crippen LogP) is 5.62. The lowest BCUT2D eigenvalue weighted by Gasteiger charge is -2.14. The maximum absolute atomic E-state index is 12.4. The molecule has 0 fully saturated rings. The largest absolute Gasteiger partial charge is 0.434 e. The monoisotopic (exact) mass is 375 g/mol. The van der Waals surface area contributed by atoms with Crippen molar-refractivity contribution < 1.29 is 13.5 Å². The summed E-state index contributed by atoms with van der Waals surface area (Å²) < 4.78 is 30.1. The van der Waals surface area contributed by atoms with Gasteiger partial charge in [0, 0.05) is 27.3 Å². The summed E-state index contributed by atoms with van der Waals surface area (Å²) >= 11 is 9.37. The van der Waals surface area contributed by atoms with Gasteiger partial charge in [-0.2, -0.15) is 8.78 Å². The number of rotatable bonds is 5. The highest BCUT2D eigenvalue weighted by Gasteiger charge is 2.11. The van der Waals surface area contributed by atoms with Crippen LogP contribution in [-0.4, -0.2) is 6.61 Å². The fraction of sp³-hybridized carbons (Fsp3) is 0.200. The third kappa shape index (κ3) is 4.32. The summed E-state index contributed by atoms with van der Waals surface area (Å²) in [6, 6.07) is 10.4. The molecular formula is C15H13BrClF2NO. The van der Waals surface area contributed by atoms with Gasteiger partial charge < -0.3 is 10.1 Å². The van der Waals surface area contributed by atoms with Crippen molar-refractivity contribution in [2.24, 2.45) is 0 Å². The third-order valence-electron chi connectivity index (χ3n) is 2.98. The zero-order valence-corrected chi connectivity index (χ0v) is 13.5. The Morgan fingerprint density at radius 3 is 2.76 bits per heavy atom. The Balaban J connectivity index is 2.19. The SMILES string of the molecule is Cc1c(Cl)cccc1NCc1cc(Br)ccc1OC(F)F. The minimum absolute atomic E-state index is 0.153. The number of alkyl halides is 2. The summed E-state index contributed by atoms with van der Waals surface area (Å²) in [6.45, 7) is -0.608. The van der Waals surface area contributed by atoms with Crippen molar-refractivity contribution >= 4 is 33.2 Å². The van der Waals surface area contributed by atoms with Gasteiger partial charge in [0.1, 0.15) is 5.75 Å². The van der Waals surface area contributed by atoms with Gasteiger partial charge >= 0.3 is 6.61 Å². The molecule has 0 saturated heterocycles. The zero-order valence-electron chi connectivity index (χ0n) is 11.2. The smallest absolute Gasteiger partial charge is 0.387 e. The first-order valence-electron chi connectivity index (χ1n) is 6.19. The number of hydrogen-bond acceptors (Lipinski definition) is 2. The molecule has 2 aromatic rings. The van der Waals surface area contributed by atoms with Gasteiger partial charge in [0.15, 0.2) is 0 Å². The molecule has 0 bridgehead atoms. The first-order valence-corrected chi connectivity index (χ1v) is 7.36. The van der Waals surface area contributed by atoms with Crippen LogP contribution in [0.3, 0.4) is 0 Å². The molecular weight excluding hydrogens is 364 g/mol. The van der Waals surface area contributed by atoms with Gasteiger partial charge in [0.2, 0.25) is 0 Å². The molecule has 2 nitrogen and oxygen atoms in total. The number of halogens is 4. The van der Waals surface area contributed by atoms with Gasteiger partial charge in [-0.15, -0.1) is 0 Å². The second kappa shape index (κ2) is 7.09. The van der Waals surface area contributed by atoms with Crippen molar-refractivity contribution in [3.8, 4) is 5.75 Å². The molecule has 0 aliphatic carbocycles. The van der Waals surface area contributed by atoms with Crippen molar-refractivity contribution in [1.82, 2.24) is 0 Å². The Morgan fingerprint density at radius 2 is 2.05 bits per heavy atom. The lowest BCUT2D eigenvalue weighted by Crippen LogP contribution is -2.07. The van der Waals surface area contributed by atoms with E-state index in [1.807, 2.05) is 19.1 Å². The van der Waals surface area contributed by atoms with Gasteiger partial charge in [-0.1, -0.05) is 33.6 Å². The fourth-order valence-corrected chi connectivity index (χ4v) is 2.47. The third-order valence-corrected chi connectivity index (χ3v) is 3.88. The standard InChI is InChI=1S/C15H13BrClF2NO/c1-9-12(17)3-2-4-13(9)20-8-10-7-11(16)5-6-14(10)21-15(18)19/h2-7,15,20H,8H2,1H3. The van der Waals surface area contributed by atoms with E-state index in [9.17, 15) is 8.78 Å². The van der Waals surface area contributed by atoms with E-state index >= 15 is 0 Å². The first-order chi connectivity index (χ1) is 9.97. The minimum atomic E-state index is -2.85. The molecule has 0 aromatic heterocycles. The molecule has 0 unspecified atom stereocenters. The molecule has 0 heterocycles. The highest BCUT2D eigenvalue weighted by molar-refractivity contribution is 9.10. The molecule has 2 rings (SSSR count). The Bertz CT molecular complexity index is 637. The molecule has 6 heteroatoms. The van der Waals surface area contributed by atoms with Crippen LogP contribution in [0.2, 0.25) is 5.02 Å². The highest BCUT2D eigenvalue weighted by atomic mass is 79.9. The number of nitrogens with one attached hydrogen (secondary N) is 1. The van der Waals surface area contributed by atoms with Crippen molar-refractivity contribution in [3.05, 3.63) is 57.0 Å². The summed E-state index contributed by atoms with van der Waals surface area (Å²) in [7, 11) is 0. The van der Waals surface area contributed by atoms with E-state index in [0.717, 1.165) is 15.7 Å². The number of benzene rings is 2. The lowest BCUT2D eigenvalue weighted by atomic mass is 10.1. The summed E-state index contributed by atoms with van der Waals surface area (Å²) in [4.78, 5) is 0. The molecule has 21 heavy (non-hydrogen) atoms. The van der Waals surface area contributed by atoms with Crippen molar-refractivity contribution in [1.29, 1.82) is 0 Å². The lowest BCUT2D eigenvalue weighted by molar-refractivity contribution is -0.0504. The van der Waals surface area contributed by atoms with Gasteiger partial charge in [-0.25, -0.2) is 0 Å². The number of hydrogen-bond donors (Lipinski definition) is 1. The maximum Gasteiger partial charge on any atom is 0.387 e. The van der Waals surface area contributed by atoms with Crippen LogP contribution >= 0.6 is 27.5 Å². The van der Waals surface area contributed by atoms with E-state index in [0.29, 0.717) is 17.1 Å². The van der Waals surface area contributed by atoms with Gasteiger partial charge in [0.25, 0.3) is 0 Å². The van der Waals surface area contributed by atoms with E-state index in [2.05, 4.69) is 26.0 Å². The fourth-order valence-electron chi connectivity index (χ4n) is 1.89. The van der Waals surface area contributed by atoms with Crippen LogP contribution in [0, 0.1) is 6.92 Å². The van der Waals surface area contributed by atoms with E-state index < -0.39 is 6.61 Å². The Labute approximate surface area is 135 Å². The van der Waals surface area contributed by atoms with E-state index in [-0.39, 0.29) is 5.75 Å². The minimum Gasteiger partial charge on any atom is -0.434 e. The van der Waals surface area contributed by atoms with Gasteiger partial charge in [0.05, 0.1) is 0 Å². The molecule has 0 atom stereocenters. The van der Waals surface area contributed by atoms with Crippen molar-refractivity contribution in [3.63, 3.8) is 0 Å². The van der Waals surface area contributed by atoms with E-state index in [4.69, 9.17) is 11.6 Å². The van der Waals surface area contributed by atoms with Crippen LogP contribution in [0.1, 0.15) is 11.1 Å². The summed E-state index contributed by atoms with van der Waals surface area (Å²) in [6.07, 6.45) is 0. The number of ether oxygens (including phenoxy) is 1. The predicted molar refractivity (Wildman–Crippen MR) is 84.3 cm³/mol. The second-order valence-corrected chi connectivity index (χ2v) is 5.72.